The molecule has 0 radical (unpaired) electrons. The summed E-state index contributed by atoms with van der Waals surface area (Å²) >= 11 is 13.2. The molecule has 2 aromatic carbocycles. The van der Waals surface area contributed by atoms with Crippen LogP contribution in [-0.2, 0) is 11.3 Å². The molecule has 4 aromatic rings. The summed E-state index contributed by atoms with van der Waals surface area (Å²) in [4.78, 5) is 30.8. The van der Waals surface area contributed by atoms with E-state index in [0.29, 0.717) is 25.8 Å². The fourth-order valence-electron chi connectivity index (χ4n) is 2.78. The number of aromatic nitrogens is 2. The minimum Gasteiger partial charge on any atom is -0.289 e. The highest BCUT2D eigenvalue weighted by atomic mass is 35.5. The van der Waals surface area contributed by atoms with Gasteiger partial charge in [-0.1, -0.05) is 59.6 Å². The van der Waals surface area contributed by atoms with Crippen LogP contribution in [0.15, 0.2) is 70.8 Å². The molecule has 2 heterocycles. The van der Waals surface area contributed by atoms with Gasteiger partial charge in [-0.15, -0.1) is 11.3 Å². The lowest BCUT2D eigenvalue weighted by Gasteiger charge is -2.03. The summed E-state index contributed by atoms with van der Waals surface area (Å²) < 4.78 is 1.26. The van der Waals surface area contributed by atoms with Gasteiger partial charge in [0.2, 0.25) is 0 Å². The zero-order valence-electron chi connectivity index (χ0n) is 15.4. The van der Waals surface area contributed by atoms with E-state index in [1.807, 2.05) is 36.4 Å². The summed E-state index contributed by atoms with van der Waals surface area (Å²) in [6, 6.07) is 16.5. The van der Waals surface area contributed by atoms with Crippen LogP contribution in [0, 0.1) is 0 Å². The molecule has 0 saturated carbocycles. The Morgan fingerprint density at radius 3 is 2.70 bits per heavy atom. The minimum absolute atomic E-state index is 0.197. The summed E-state index contributed by atoms with van der Waals surface area (Å²) in [7, 11) is 0. The predicted octanol–water partition coefficient (Wildman–Crippen LogP) is 4.58. The number of nitrogens with zero attached hydrogens (tertiary/aromatic N) is 3. The molecule has 0 aliphatic heterocycles. The molecular formula is C21H14Cl2N4O2S. The lowest BCUT2D eigenvalue weighted by atomic mass is 10.2. The number of hydrazone groups is 1. The smallest absolute Gasteiger partial charge is 0.262 e. The van der Waals surface area contributed by atoms with Crippen LogP contribution in [0.25, 0.3) is 20.7 Å². The highest BCUT2D eigenvalue weighted by Crippen LogP contribution is 2.30. The number of amides is 1. The number of rotatable bonds is 5. The third-order valence-corrected chi connectivity index (χ3v) is 6.07. The molecule has 9 heteroatoms. The summed E-state index contributed by atoms with van der Waals surface area (Å²) in [5.74, 6) is -0.451. The van der Waals surface area contributed by atoms with Gasteiger partial charge in [-0.3, -0.25) is 14.2 Å². The van der Waals surface area contributed by atoms with Gasteiger partial charge >= 0.3 is 0 Å². The number of carbonyl (C=O) groups excluding carboxylic acids is 1. The van der Waals surface area contributed by atoms with E-state index in [-0.39, 0.29) is 12.1 Å². The van der Waals surface area contributed by atoms with Crippen molar-refractivity contribution in [2.75, 3.05) is 0 Å². The van der Waals surface area contributed by atoms with E-state index in [0.717, 1.165) is 10.4 Å². The molecule has 0 aliphatic rings. The third-order valence-electron chi connectivity index (χ3n) is 4.24. The van der Waals surface area contributed by atoms with Crippen molar-refractivity contribution >= 4 is 56.9 Å². The van der Waals surface area contributed by atoms with Gasteiger partial charge in [-0.2, -0.15) is 5.10 Å². The second-order valence-electron chi connectivity index (χ2n) is 6.34. The lowest BCUT2D eigenvalue weighted by molar-refractivity contribution is -0.121. The zero-order valence-corrected chi connectivity index (χ0v) is 17.7. The van der Waals surface area contributed by atoms with E-state index in [4.69, 9.17) is 23.2 Å². The number of nitrogens with one attached hydrogen (secondary N) is 1. The lowest BCUT2D eigenvalue weighted by Crippen LogP contribution is -2.29. The van der Waals surface area contributed by atoms with Crippen LogP contribution in [0.2, 0.25) is 10.0 Å². The molecule has 2 aromatic heterocycles. The molecule has 0 bridgehead atoms. The maximum atomic E-state index is 12.8. The van der Waals surface area contributed by atoms with Gasteiger partial charge in [0.1, 0.15) is 11.4 Å². The molecule has 30 heavy (non-hydrogen) atoms. The number of hydrogen-bond acceptors (Lipinski definition) is 5. The minimum atomic E-state index is -0.451. The van der Waals surface area contributed by atoms with Gasteiger partial charge in [-0.05, 0) is 29.3 Å². The Balaban J connectivity index is 1.48. The van der Waals surface area contributed by atoms with Crippen molar-refractivity contribution < 1.29 is 4.79 Å². The highest BCUT2D eigenvalue weighted by Gasteiger charge is 2.12. The van der Waals surface area contributed by atoms with Crippen molar-refractivity contribution in [3.8, 4) is 10.4 Å². The molecule has 0 unspecified atom stereocenters. The summed E-state index contributed by atoms with van der Waals surface area (Å²) in [5.41, 5.74) is 3.81. The van der Waals surface area contributed by atoms with Crippen LogP contribution in [0.1, 0.15) is 5.56 Å². The first-order chi connectivity index (χ1) is 14.5. The van der Waals surface area contributed by atoms with E-state index < -0.39 is 5.91 Å². The number of thiophene rings is 1. The first-order valence-electron chi connectivity index (χ1n) is 8.82. The zero-order chi connectivity index (χ0) is 21.1. The fraction of sp³-hybridized carbons (Fsp3) is 0.0476. The number of carbonyl (C=O) groups is 1. The van der Waals surface area contributed by atoms with Gasteiger partial charge in [0.25, 0.3) is 11.5 Å². The van der Waals surface area contributed by atoms with Crippen molar-refractivity contribution in [3.05, 3.63) is 86.9 Å². The molecule has 0 spiro atoms. The molecule has 0 saturated heterocycles. The Hall–Kier alpha value is -3.00. The molecule has 0 fully saturated rings. The van der Waals surface area contributed by atoms with Gasteiger partial charge in [0, 0.05) is 4.88 Å². The van der Waals surface area contributed by atoms with Crippen molar-refractivity contribution in [2.24, 2.45) is 5.10 Å². The average molecular weight is 457 g/mol. The predicted molar refractivity (Wildman–Crippen MR) is 122 cm³/mol. The standard InChI is InChI=1S/C21H14Cl2N4O2S/c22-16-7-6-13(8-17(16)23)10-25-26-19(28)11-27-12-24-20-15(21(27)29)9-18(30-20)14-4-2-1-3-5-14/h1-10,12H,11H2,(H,26,28)/b25-10+. The van der Waals surface area contributed by atoms with E-state index >= 15 is 0 Å². The van der Waals surface area contributed by atoms with Crippen LogP contribution in [0.5, 0.6) is 0 Å². The molecule has 150 valence electrons. The number of halogens is 2. The third kappa shape index (κ3) is 4.43. The van der Waals surface area contributed by atoms with Crippen molar-refractivity contribution in [1.82, 2.24) is 15.0 Å². The second kappa shape index (κ2) is 8.79. The fourth-order valence-corrected chi connectivity index (χ4v) is 4.08. The van der Waals surface area contributed by atoms with E-state index in [1.54, 1.807) is 18.2 Å². The molecule has 1 N–H and O–H groups in total. The maximum absolute atomic E-state index is 12.8. The SMILES string of the molecule is O=C(Cn1cnc2sc(-c3ccccc3)cc2c1=O)N/N=C/c1ccc(Cl)c(Cl)c1. The molecule has 0 atom stereocenters. The Kier molecular flexibility index (Phi) is 5.94. The average Bonchev–Trinajstić information content (AvgIpc) is 3.19. The molecule has 0 aliphatic carbocycles. The first kappa shape index (κ1) is 20.3. The molecule has 4 rings (SSSR count). The number of benzene rings is 2. The molecule has 6 nitrogen and oxygen atoms in total. The maximum Gasteiger partial charge on any atom is 0.262 e. The summed E-state index contributed by atoms with van der Waals surface area (Å²) in [5, 5.41) is 5.19. The summed E-state index contributed by atoms with van der Waals surface area (Å²) in [6.07, 6.45) is 2.81. The van der Waals surface area contributed by atoms with E-state index in [2.05, 4.69) is 15.5 Å². The van der Waals surface area contributed by atoms with Crippen LogP contribution in [-0.4, -0.2) is 21.7 Å². The van der Waals surface area contributed by atoms with Gasteiger partial charge in [0.15, 0.2) is 0 Å². The molecular weight excluding hydrogens is 443 g/mol. The largest absolute Gasteiger partial charge is 0.289 e. The van der Waals surface area contributed by atoms with Crippen LogP contribution in [0.4, 0.5) is 0 Å². The van der Waals surface area contributed by atoms with E-state index in [1.165, 1.54) is 28.4 Å². The highest BCUT2D eigenvalue weighted by molar-refractivity contribution is 7.21. The van der Waals surface area contributed by atoms with Gasteiger partial charge in [0.05, 0.1) is 28.0 Å². The number of fused-ring (bicyclic) bond motifs is 1. The Morgan fingerprint density at radius 2 is 1.93 bits per heavy atom. The van der Waals surface area contributed by atoms with Crippen LogP contribution in [0.3, 0.4) is 0 Å². The van der Waals surface area contributed by atoms with Gasteiger partial charge < -0.3 is 0 Å². The monoisotopic (exact) mass is 456 g/mol. The Morgan fingerprint density at radius 1 is 1.13 bits per heavy atom. The van der Waals surface area contributed by atoms with Gasteiger partial charge in [-0.25, -0.2) is 10.4 Å². The van der Waals surface area contributed by atoms with Crippen molar-refractivity contribution in [1.29, 1.82) is 0 Å². The van der Waals surface area contributed by atoms with Crippen LogP contribution >= 0.6 is 34.5 Å². The van der Waals surface area contributed by atoms with E-state index in [9.17, 15) is 9.59 Å². The van der Waals surface area contributed by atoms with Crippen molar-refractivity contribution in [3.63, 3.8) is 0 Å². The van der Waals surface area contributed by atoms with Crippen molar-refractivity contribution in [2.45, 2.75) is 6.54 Å². The normalized spacial score (nSPS) is 11.3. The van der Waals surface area contributed by atoms with Crippen LogP contribution < -0.4 is 11.0 Å². The quantitative estimate of drug-likeness (QED) is 0.352. The summed E-state index contributed by atoms with van der Waals surface area (Å²) in [6.45, 7) is -0.197. The number of hydrogen-bond donors (Lipinski definition) is 1. The molecule has 1 amide bonds. The Bertz CT molecular complexity index is 1320. The topological polar surface area (TPSA) is 76.3 Å². The second-order valence-corrected chi connectivity index (χ2v) is 8.18. The Labute approximate surface area is 185 Å². The first-order valence-corrected chi connectivity index (χ1v) is 10.4.